The Bertz CT molecular complexity index is 630. The first-order valence-corrected chi connectivity index (χ1v) is 6.51. The number of halogens is 3. The third-order valence-electron chi connectivity index (χ3n) is 3.47. The number of hydrogen-bond acceptors (Lipinski definition) is 3. The summed E-state index contributed by atoms with van der Waals surface area (Å²) in [6, 6.07) is 7.03. The molecule has 0 aliphatic carbocycles. The summed E-state index contributed by atoms with van der Waals surface area (Å²) in [5.41, 5.74) is 0.665. The first kappa shape index (κ1) is 13.9. The Morgan fingerprint density at radius 3 is 2.38 bits per heavy atom. The highest BCUT2D eigenvalue weighted by molar-refractivity contribution is 5.60. The Kier molecular flexibility index (Phi) is 3.36. The van der Waals surface area contributed by atoms with Gasteiger partial charge >= 0.3 is 6.18 Å². The van der Waals surface area contributed by atoms with Crippen LogP contribution in [0.4, 0.5) is 18.9 Å². The van der Waals surface area contributed by atoms with Gasteiger partial charge in [0.05, 0.1) is 19.3 Å². The van der Waals surface area contributed by atoms with Gasteiger partial charge in [-0.2, -0.15) is 13.2 Å². The van der Waals surface area contributed by atoms with Gasteiger partial charge in [-0.3, -0.25) is 0 Å². The SMILES string of the molecule is CNc1ccc(-c2nc(C(F)(F)F)cn2C2COC2)cc1. The summed E-state index contributed by atoms with van der Waals surface area (Å²) in [7, 11) is 1.78. The van der Waals surface area contributed by atoms with E-state index in [1.54, 1.807) is 35.9 Å². The molecule has 21 heavy (non-hydrogen) atoms. The highest BCUT2D eigenvalue weighted by Crippen LogP contribution is 2.34. The van der Waals surface area contributed by atoms with Crippen molar-refractivity contribution in [3.8, 4) is 11.4 Å². The van der Waals surface area contributed by atoms with Crippen LogP contribution in [0, 0.1) is 0 Å². The van der Waals surface area contributed by atoms with Crippen LogP contribution >= 0.6 is 0 Å². The average Bonchev–Trinajstić information content (AvgIpc) is 2.81. The van der Waals surface area contributed by atoms with Gasteiger partial charge in [0.2, 0.25) is 0 Å². The van der Waals surface area contributed by atoms with Gasteiger partial charge in [0.15, 0.2) is 5.69 Å². The molecule has 1 saturated heterocycles. The van der Waals surface area contributed by atoms with Crippen molar-refractivity contribution in [2.75, 3.05) is 25.6 Å². The second-order valence-corrected chi connectivity index (χ2v) is 4.87. The molecule has 0 atom stereocenters. The number of alkyl halides is 3. The summed E-state index contributed by atoms with van der Waals surface area (Å²) in [6.45, 7) is 0.824. The molecule has 1 N–H and O–H groups in total. The molecule has 0 radical (unpaired) electrons. The van der Waals surface area contributed by atoms with Crippen LogP contribution in [0.2, 0.25) is 0 Å². The number of nitrogens with one attached hydrogen (secondary N) is 1. The third-order valence-corrected chi connectivity index (χ3v) is 3.47. The summed E-state index contributed by atoms with van der Waals surface area (Å²) < 4.78 is 45.3. The molecule has 2 heterocycles. The molecule has 0 spiro atoms. The fraction of sp³-hybridized carbons (Fsp3) is 0.357. The van der Waals surface area contributed by atoms with E-state index >= 15 is 0 Å². The molecule has 1 aromatic carbocycles. The summed E-state index contributed by atoms with van der Waals surface area (Å²) in [6.07, 6.45) is -3.38. The standard InChI is InChI=1S/C14H14F3N3O/c1-18-10-4-2-9(3-5-10)13-19-12(14(15,16)17)6-20(13)11-7-21-8-11/h2-6,11,18H,7-8H2,1H3. The minimum Gasteiger partial charge on any atom is -0.388 e. The van der Waals surface area contributed by atoms with Crippen molar-refractivity contribution in [1.82, 2.24) is 9.55 Å². The molecule has 7 heteroatoms. The number of nitrogens with zero attached hydrogens (tertiary/aromatic N) is 2. The smallest absolute Gasteiger partial charge is 0.388 e. The largest absolute Gasteiger partial charge is 0.434 e. The van der Waals surface area contributed by atoms with Crippen molar-refractivity contribution in [3.05, 3.63) is 36.2 Å². The Hall–Kier alpha value is -2.02. The maximum absolute atomic E-state index is 12.9. The lowest BCUT2D eigenvalue weighted by Crippen LogP contribution is -2.30. The zero-order valence-electron chi connectivity index (χ0n) is 11.3. The molecule has 112 valence electrons. The third kappa shape index (κ3) is 2.61. The van der Waals surface area contributed by atoms with Crippen LogP contribution in [0.3, 0.4) is 0 Å². The zero-order chi connectivity index (χ0) is 15.0. The molecule has 0 amide bonds. The molecule has 1 fully saturated rings. The monoisotopic (exact) mass is 297 g/mol. The van der Waals surface area contributed by atoms with Gasteiger partial charge in [0, 0.05) is 24.5 Å². The molecule has 0 unspecified atom stereocenters. The van der Waals surface area contributed by atoms with Crippen molar-refractivity contribution in [2.24, 2.45) is 0 Å². The fourth-order valence-electron chi connectivity index (χ4n) is 2.19. The Labute approximate surface area is 119 Å². The van der Waals surface area contributed by atoms with Gasteiger partial charge < -0.3 is 14.6 Å². The lowest BCUT2D eigenvalue weighted by Gasteiger charge is -2.28. The summed E-state index contributed by atoms with van der Waals surface area (Å²) >= 11 is 0. The van der Waals surface area contributed by atoms with Crippen molar-refractivity contribution in [3.63, 3.8) is 0 Å². The van der Waals surface area contributed by atoms with Crippen molar-refractivity contribution < 1.29 is 17.9 Å². The van der Waals surface area contributed by atoms with Crippen LogP contribution in [0.1, 0.15) is 11.7 Å². The molecular formula is C14H14F3N3O. The number of rotatable bonds is 3. The summed E-state index contributed by atoms with van der Waals surface area (Å²) in [5, 5.41) is 2.97. The minimum atomic E-state index is -4.45. The molecule has 1 aromatic heterocycles. The zero-order valence-corrected chi connectivity index (χ0v) is 11.3. The van der Waals surface area contributed by atoms with Crippen LogP contribution in [-0.4, -0.2) is 29.8 Å². The summed E-state index contributed by atoms with van der Waals surface area (Å²) in [5.74, 6) is 0.318. The predicted octanol–water partition coefficient (Wildman–Crippen LogP) is 3.18. The van der Waals surface area contributed by atoms with Crippen LogP contribution in [0.25, 0.3) is 11.4 Å². The highest BCUT2D eigenvalue weighted by atomic mass is 19.4. The molecule has 1 aliphatic heterocycles. The van der Waals surface area contributed by atoms with Gasteiger partial charge in [-0.1, -0.05) is 0 Å². The van der Waals surface area contributed by atoms with E-state index in [1.165, 1.54) is 0 Å². The molecule has 3 rings (SSSR count). The highest BCUT2D eigenvalue weighted by Gasteiger charge is 2.36. The predicted molar refractivity (Wildman–Crippen MR) is 72.1 cm³/mol. The van der Waals surface area contributed by atoms with Crippen molar-refractivity contribution in [2.45, 2.75) is 12.2 Å². The van der Waals surface area contributed by atoms with E-state index < -0.39 is 11.9 Å². The Balaban J connectivity index is 2.04. The van der Waals surface area contributed by atoms with E-state index in [-0.39, 0.29) is 6.04 Å². The van der Waals surface area contributed by atoms with Gasteiger partial charge in [-0.15, -0.1) is 0 Å². The summed E-state index contributed by atoms with van der Waals surface area (Å²) in [4.78, 5) is 3.77. The van der Waals surface area contributed by atoms with Gasteiger partial charge in [0.25, 0.3) is 0 Å². The van der Waals surface area contributed by atoms with Crippen molar-refractivity contribution >= 4 is 5.69 Å². The van der Waals surface area contributed by atoms with Gasteiger partial charge in [-0.05, 0) is 24.3 Å². The van der Waals surface area contributed by atoms with E-state index in [2.05, 4.69) is 10.3 Å². The molecule has 0 bridgehead atoms. The maximum atomic E-state index is 12.9. The van der Waals surface area contributed by atoms with E-state index in [4.69, 9.17) is 4.74 Å². The quantitative estimate of drug-likeness (QED) is 0.945. The number of imidazole rings is 1. The average molecular weight is 297 g/mol. The van der Waals surface area contributed by atoms with Gasteiger partial charge in [0.1, 0.15) is 5.82 Å². The van der Waals surface area contributed by atoms with Crippen LogP contribution < -0.4 is 5.32 Å². The second-order valence-electron chi connectivity index (χ2n) is 4.87. The number of benzene rings is 1. The van der Waals surface area contributed by atoms with E-state index in [1.807, 2.05) is 0 Å². The second kappa shape index (κ2) is 5.07. The maximum Gasteiger partial charge on any atom is 0.434 e. The number of anilines is 1. The normalized spacial score (nSPS) is 15.8. The Morgan fingerprint density at radius 1 is 1.24 bits per heavy atom. The van der Waals surface area contributed by atoms with Gasteiger partial charge in [-0.25, -0.2) is 4.98 Å². The topological polar surface area (TPSA) is 39.1 Å². The number of ether oxygens (including phenoxy) is 1. The molecular weight excluding hydrogens is 283 g/mol. The van der Waals surface area contributed by atoms with Crippen LogP contribution in [0.5, 0.6) is 0 Å². The van der Waals surface area contributed by atoms with Crippen LogP contribution in [-0.2, 0) is 10.9 Å². The van der Waals surface area contributed by atoms with Crippen LogP contribution in [0.15, 0.2) is 30.5 Å². The molecule has 0 saturated carbocycles. The first-order chi connectivity index (χ1) is 9.99. The van der Waals surface area contributed by atoms with Crippen molar-refractivity contribution in [1.29, 1.82) is 0 Å². The number of aromatic nitrogens is 2. The number of hydrogen-bond donors (Lipinski definition) is 1. The molecule has 1 aliphatic rings. The lowest BCUT2D eigenvalue weighted by atomic mass is 10.1. The molecule has 2 aromatic rings. The Morgan fingerprint density at radius 2 is 1.90 bits per heavy atom. The lowest BCUT2D eigenvalue weighted by molar-refractivity contribution is -0.141. The molecule has 4 nitrogen and oxygen atoms in total. The first-order valence-electron chi connectivity index (χ1n) is 6.51. The minimum absolute atomic E-state index is 0.0902. The van der Waals surface area contributed by atoms with E-state index in [0.29, 0.717) is 24.6 Å². The van der Waals surface area contributed by atoms with E-state index in [9.17, 15) is 13.2 Å². The van der Waals surface area contributed by atoms with E-state index in [0.717, 1.165) is 11.9 Å². The fourth-order valence-corrected chi connectivity index (χ4v) is 2.19.